The lowest BCUT2D eigenvalue weighted by Crippen LogP contribution is -2.68. The largest absolute Gasteiger partial charge is 0.493 e. The van der Waals surface area contributed by atoms with E-state index in [1.54, 1.807) is 19.1 Å². The Balaban J connectivity index is 1.55. The minimum Gasteiger partial charge on any atom is -0.493 e. The number of methoxy groups -OCH3 is 1. The first-order valence-corrected chi connectivity index (χ1v) is 13.4. The summed E-state index contributed by atoms with van der Waals surface area (Å²) in [5.41, 5.74) is 7.64. The van der Waals surface area contributed by atoms with E-state index < -0.39 is 11.9 Å². The number of nitrogen functional groups attached to an aromatic ring is 1. The van der Waals surface area contributed by atoms with Crippen LogP contribution in [0.15, 0.2) is 36.8 Å². The van der Waals surface area contributed by atoms with Gasteiger partial charge in [-0.25, -0.2) is 9.37 Å². The van der Waals surface area contributed by atoms with Crippen LogP contribution >= 0.6 is 23.2 Å². The van der Waals surface area contributed by atoms with E-state index in [0.717, 1.165) is 6.54 Å². The quantitative estimate of drug-likeness (QED) is 0.204. The molecule has 0 amide bonds. The Hall–Kier alpha value is -3.14. The van der Waals surface area contributed by atoms with Gasteiger partial charge in [-0.3, -0.25) is 10.4 Å². The number of rotatable bonds is 10. The van der Waals surface area contributed by atoms with Crippen molar-refractivity contribution in [3.63, 3.8) is 0 Å². The number of hydrogen-bond donors (Lipinski definition) is 3. The summed E-state index contributed by atoms with van der Waals surface area (Å²) in [4.78, 5) is 10.2. The van der Waals surface area contributed by atoms with Crippen LogP contribution in [0.2, 0.25) is 10.0 Å². The molecule has 8 nitrogen and oxygen atoms in total. The van der Waals surface area contributed by atoms with Crippen molar-refractivity contribution in [2.24, 2.45) is 5.92 Å². The van der Waals surface area contributed by atoms with Crippen LogP contribution < -0.4 is 25.4 Å². The van der Waals surface area contributed by atoms with Gasteiger partial charge in [0.2, 0.25) is 0 Å². The molecule has 39 heavy (non-hydrogen) atoms. The molecule has 0 radical (unpaired) electrons. The molecule has 3 heterocycles. The van der Waals surface area contributed by atoms with E-state index in [9.17, 15) is 0 Å². The number of hydrogen-bond acceptors (Lipinski definition) is 8. The summed E-state index contributed by atoms with van der Waals surface area (Å²) < 4.78 is 26.8. The van der Waals surface area contributed by atoms with Crippen molar-refractivity contribution in [3.05, 3.63) is 69.3 Å². The molecule has 1 aliphatic rings. The highest BCUT2D eigenvalue weighted by Gasteiger charge is 2.40. The van der Waals surface area contributed by atoms with Gasteiger partial charge < -0.3 is 25.4 Å². The second-order valence-corrected chi connectivity index (χ2v) is 11.3. The van der Waals surface area contributed by atoms with Crippen LogP contribution in [-0.2, 0) is 0 Å². The molecule has 2 aromatic heterocycles. The number of nitrogens with one attached hydrogen (secondary N) is 2. The molecule has 1 aliphatic heterocycles. The van der Waals surface area contributed by atoms with Crippen molar-refractivity contribution < 1.29 is 13.9 Å². The number of aromatic nitrogens is 2. The minimum atomic E-state index is -0.566. The minimum absolute atomic E-state index is 0.00219. The summed E-state index contributed by atoms with van der Waals surface area (Å²) >= 11 is 12.6. The van der Waals surface area contributed by atoms with E-state index >= 15 is 4.39 Å². The van der Waals surface area contributed by atoms with Gasteiger partial charge in [-0.2, -0.15) is 0 Å². The molecule has 3 aromatic rings. The third-order valence-electron chi connectivity index (χ3n) is 6.63. The molecule has 4 N–H and O–H groups in total. The molecular formula is C28H33Cl2FN6O2. The van der Waals surface area contributed by atoms with E-state index in [2.05, 4.69) is 36.1 Å². The average Bonchev–Trinajstić information content (AvgIpc) is 2.86. The topological polar surface area (TPSA) is 109 Å². The Morgan fingerprint density at radius 1 is 1.15 bits per heavy atom. The van der Waals surface area contributed by atoms with E-state index in [0.29, 0.717) is 51.7 Å². The van der Waals surface area contributed by atoms with Gasteiger partial charge in [0.1, 0.15) is 6.10 Å². The van der Waals surface area contributed by atoms with Gasteiger partial charge in [-0.05, 0) is 38.4 Å². The van der Waals surface area contributed by atoms with Gasteiger partial charge in [0, 0.05) is 60.1 Å². The van der Waals surface area contributed by atoms with Gasteiger partial charge in [0.15, 0.2) is 23.1 Å². The molecule has 0 bridgehead atoms. The molecule has 0 unspecified atom stereocenters. The number of ether oxygens (including phenoxy) is 2. The number of benzene rings is 1. The van der Waals surface area contributed by atoms with Gasteiger partial charge in [0.25, 0.3) is 0 Å². The Kier molecular flexibility index (Phi) is 8.54. The second kappa shape index (κ2) is 11.5. The van der Waals surface area contributed by atoms with Crippen molar-refractivity contribution in [1.29, 1.82) is 5.41 Å². The summed E-state index contributed by atoms with van der Waals surface area (Å²) in [5.74, 6) is 0.983. The number of nitrogens with zero attached hydrogens (tertiary/aromatic N) is 3. The van der Waals surface area contributed by atoms with Crippen LogP contribution in [-0.4, -0.2) is 48.0 Å². The smallest absolute Gasteiger partial charge is 0.166 e. The zero-order valence-corrected chi connectivity index (χ0v) is 24.1. The lowest BCUT2D eigenvalue weighted by atomic mass is 9.91. The Morgan fingerprint density at radius 3 is 2.41 bits per heavy atom. The molecule has 0 saturated carbocycles. The van der Waals surface area contributed by atoms with Crippen molar-refractivity contribution in [2.45, 2.75) is 39.3 Å². The molecule has 0 spiro atoms. The third-order valence-corrected chi connectivity index (χ3v) is 7.23. The van der Waals surface area contributed by atoms with Crippen LogP contribution in [0, 0.1) is 17.1 Å². The van der Waals surface area contributed by atoms with Crippen molar-refractivity contribution in [3.8, 4) is 11.5 Å². The Morgan fingerprint density at radius 2 is 1.82 bits per heavy atom. The molecule has 1 aromatic carbocycles. The predicted octanol–water partition coefficient (Wildman–Crippen LogP) is 5.89. The van der Waals surface area contributed by atoms with Crippen LogP contribution in [0.1, 0.15) is 50.5 Å². The summed E-state index contributed by atoms with van der Waals surface area (Å²) in [6, 6.07) is 4.46. The van der Waals surface area contributed by atoms with E-state index in [-0.39, 0.29) is 28.3 Å². The van der Waals surface area contributed by atoms with Crippen molar-refractivity contribution in [1.82, 2.24) is 15.3 Å². The van der Waals surface area contributed by atoms with Gasteiger partial charge in [-0.15, -0.1) is 0 Å². The molecule has 11 heteroatoms. The standard InChI is InChI=1S/C28H33Cl2FN6O2/c1-15(2)9-36-28(4)13-37(14-28)27-21(31)6-17(10-35-27)26(33)18-7-24(23(38-5)8-22(18)32)39-16(3)25-19(29)11-34-12-20(25)30/h6-8,10-12,15-16,33,36H,9,13-14,32H2,1-5H3/t16-/m1/s1. The highest BCUT2D eigenvalue weighted by Crippen LogP contribution is 2.39. The second-order valence-electron chi connectivity index (χ2n) is 10.5. The maximum absolute atomic E-state index is 15.2. The number of nitrogens with two attached hydrogens (primary N) is 1. The normalized spacial score (nSPS) is 15.2. The number of anilines is 2. The summed E-state index contributed by atoms with van der Waals surface area (Å²) in [5, 5.41) is 13.0. The van der Waals surface area contributed by atoms with Crippen LogP contribution in [0.25, 0.3) is 0 Å². The molecule has 1 fully saturated rings. The molecular weight excluding hydrogens is 542 g/mol. The lowest BCUT2D eigenvalue weighted by Gasteiger charge is -2.49. The maximum atomic E-state index is 15.2. The first-order chi connectivity index (χ1) is 18.4. The third kappa shape index (κ3) is 6.21. The van der Waals surface area contributed by atoms with Crippen molar-refractivity contribution >= 4 is 40.4 Å². The summed E-state index contributed by atoms with van der Waals surface area (Å²) in [6.45, 7) is 10.4. The van der Waals surface area contributed by atoms with Crippen LogP contribution in [0.3, 0.4) is 0 Å². The molecule has 1 atom stereocenters. The molecule has 4 rings (SSSR count). The zero-order chi connectivity index (χ0) is 28.5. The monoisotopic (exact) mass is 574 g/mol. The van der Waals surface area contributed by atoms with Crippen molar-refractivity contribution in [2.75, 3.05) is 37.4 Å². The van der Waals surface area contributed by atoms with Gasteiger partial charge in [-0.1, -0.05) is 37.0 Å². The summed E-state index contributed by atoms with van der Waals surface area (Å²) in [6.07, 6.45) is 3.89. The fraction of sp³-hybridized carbons (Fsp3) is 0.393. The van der Waals surface area contributed by atoms with Crippen LogP contribution in [0.5, 0.6) is 11.5 Å². The average molecular weight is 576 g/mol. The molecule has 0 aliphatic carbocycles. The number of pyridine rings is 2. The van der Waals surface area contributed by atoms with E-state index in [4.69, 9.17) is 43.8 Å². The first kappa shape index (κ1) is 28.9. The fourth-order valence-corrected chi connectivity index (χ4v) is 5.24. The lowest BCUT2D eigenvalue weighted by molar-refractivity contribution is 0.216. The van der Waals surface area contributed by atoms with Crippen LogP contribution in [0.4, 0.5) is 15.9 Å². The Bertz CT molecular complexity index is 1360. The van der Waals surface area contributed by atoms with E-state index in [1.165, 1.54) is 31.8 Å². The van der Waals surface area contributed by atoms with Gasteiger partial charge >= 0.3 is 0 Å². The Labute approximate surface area is 238 Å². The molecule has 208 valence electrons. The fourth-order valence-electron chi connectivity index (χ4n) is 4.57. The van der Waals surface area contributed by atoms with Gasteiger partial charge in [0.05, 0.1) is 28.4 Å². The van der Waals surface area contributed by atoms with E-state index in [1.807, 2.05) is 4.90 Å². The predicted molar refractivity (Wildman–Crippen MR) is 154 cm³/mol. The summed E-state index contributed by atoms with van der Waals surface area (Å²) in [7, 11) is 1.49. The molecule has 1 saturated heterocycles. The maximum Gasteiger partial charge on any atom is 0.166 e. The highest BCUT2D eigenvalue weighted by atomic mass is 35.5. The highest BCUT2D eigenvalue weighted by molar-refractivity contribution is 6.35. The zero-order valence-electron chi connectivity index (χ0n) is 22.6. The SMILES string of the molecule is COc1cc(N)c(C(=N)c2cnc(N3CC(C)(NCC(C)C)C3)c(F)c2)cc1O[C@H](C)c1c(Cl)cncc1Cl. The first-order valence-electron chi connectivity index (χ1n) is 12.6. The number of halogens is 3.